The maximum Gasteiger partial charge on any atom is 0.195 e. The van der Waals surface area contributed by atoms with Crippen molar-refractivity contribution in [1.29, 1.82) is 0 Å². The molecule has 0 bridgehead atoms. The number of rotatable bonds is 1. The number of hydrogen-bond acceptors (Lipinski definition) is 2. The molecule has 2 nitrogen and oxygen atoms in total. The molecule has 3 heteroatoms. The van der Waals surface area contributed by atoms with Crippen molar-refractivity contribution < 1.29 is 0 Å². The number of aromatic nitrogens is 1. The first-order chi connectivity index (χ1) is 13.8. The standard InChI is InChI=1S/C25H15NOS/c27-25-19-9-3-6-12-23(19)28-24-15-16(13-14-20(24)25)26-21-10-4-1-7-17(21)18-8-2-5-11-22(18)26/h1-15H. The van der Waals surface area contributed by atoms with Crippen LogP contribution < -0.4 is 5.43 Å². The smallest absolute Gasteiger partial charge is 0.195 e. The largest absolute Gasteiger partial charge is 0.309 e. The van der Waals surface area contributed by atoms with Crippen molar-refractivity contribution in [3.63, 3.8) is 0 Å². The van der Waals surface area contributed by atoms with Gasteiger partial charge in [0.05, 0.1) is 11.0 Å². The number of fused-ring (bicyclic) bond motifs is 5. The molecule has 0 unspecified atom stereocenters. The molecule has 2 heterocycles. The second-order valence-corrected chi connectivity index (χ2v) is 8.06. The zero-order valence-corrected chi connectivity index (χ0v) is 15.7. The van der Waals surface area contributed by atoms with E-state index in [-0.39, 0.29) is 5.43 Å². The zero-order chi connectivity index (χ0) is 18.7. The molecule has 0 saturated heterocycles. The molecule has 0 atom stereocenters. The summed E-state index contributed by atoms with van der Waals surface area (Å²) in [5, 5.41) is 4.06. The summed E-state index contributed by atoms with van der Waals surface area (Å²) in [5.41, 5.74) is 3.54. The van der Waals surface area contributed by atoms with Crippen LogP contribution in [-0.4, -0.2) is 4.57 Å². The number of benzene rings is 4. The molecule has 6 aromatic rings. The van der Waals surface area contributed by atoms with E-state index in [1.807, 2.05) is 30.3 Å². The van der Waals surface area contributed by atoms with E-state index in [2.05, 4.69) is 65.2 Å². The Morgan fingerprint density at radius 2 is 1.14 bits per heavy atom. The van der Waals surface area contributed by atoms with Gasteiger partial charge in [-0.1, -0.05) is 48.5 Å². The van der Waals surface area contributed by atoms with E-state index in [1.165, 1.54) is 21.8 Å². The molecule has 0 radical (unpaired) electrons. The predicted molar refractivity (Wildman–Crippen MR) is 120 cm³/mol. The van der Waals surface area contributed by atoms with Crippen molar-refractivity contribution in [2.45, 2.75) is 0 Å². The van der Waals surface area contributed by atoms with Crippen LogP contribution in [0.3, 0.4) is 0 Å². The maximum absolute atomic E-state index is 12.9. The Bertz CT molecular complexity index is 1540. The summed E-state index contributed by atoms with van der Waals surface area (Å²) < 4.78 is 4.33. The third-order valence-corrected chi connectivity index (χ3v) is 6.53. The highest BCUT2D eigenvalue weighted by Gasteiger charge is 2.13. The second-order valence-electron chi connectivity index (χ2n) is 6.98. The van der Waals surface area contributed by atoms with E-state index in [1.54, 1.807) is 11.3 Å². The van der Waals surface area contributed by atoms with E-state index < -0.39 is 0 Å². The molecule has 0 aliphatic heterocycles. The lowest BCUT2D eigenvalue weighted by Crippen LogP contribution is -2.01. The molecular weight excluding hydrogens is 362 g/mol. The minimum Gasteiger partial charge on any atom is -0.309 e. The topological polar surface area (TPSA) is 22.0 Å². The molecule has 0 N–H and O–H groups in total. The van der Waals surface area contributed by atoms with Crippen LogP contribution in [-0.2, 0) is 0 Å². The van der Waals surface area contributed by atoms with E-state index in [0.29, 0.717) is 0 Å². The van der Waals surface area contributed by atoms with Crippen LogP contribution in [0.2, 0.25) is 0 Å². The van der Waals surface area contributed by atoms with Gasteiger partial charge in [-0.05, 0) is 42.5 Å². The zero-order valence-electron chi connectivity index (χ0n) is 14.9. The molecule has 0 amide bonds. The highest BCUT2D eigenvalue weighted by molar-refractivity contribution is 7.24. The fourth-order valence-corrected chi connectivity index (χ4v) is 5.23. The number of para-hydroxylation sites is 2. The Morgan fingerprint density at radius 3 is 1.86 bits per heavy atom. The minimum absolute atomic E-state index is 0.109. The first-order valence-corrected chi connectivity index (χ1v) is 10.1. The summed E-state index contributed by atoms with van der Waals surface area (Å²) in [6.07, 6.45) is 0. The third-order valence-electron chi connectivity index (χ3n) is 5.40. The Morgan fingerprint density at radius 1 is 0.571 bits per heavy atom. The van der Waals surface area contributed by atoms with Gasteiger partial charge < -0.3 is 4.57 Å². The summed E-state index contributed by atoms with van der Waals surface area (Å²) in [5.74, 6) is 0. The average molecular weight is 377 g/mol. The quantitative estimate of drug-likeness (QED) is 0.299. The fourth-order valence-electron chi connectivity index (χ4n) is 4.13. The van der Waals surface area contributed by atoms with Crippen molar-refractivity contribution >= 4 is 53.3 Å². The van der Waals surface area contributed by atoms with Crippen LogP contribution in [0.1, 0.15) is 0 Å². The van der Waals surface area contributed by atoms with E-state index >= 15 is 0 Å². The lowest BCUT2D eigenvalue weighted by Gasteiger charge is -2.09. The number of nitrogens with zero attached hydrogens (tertiary/aromatic N) is 1. The van der Waals surface area contributed by atoms with E-state index in [4.69, 9.17) is 0 Å². The molecule has 0 fully saturated rings. The van der Waals surface area contributed by atoms with Crippen LogP contribution in [0.5, 0.6) is 0 Å². The van der Waals surface area contributed by atoms with Crippen molar-refractivity contribution in [2.24, 2.45) is 0 Å². The summed E-state index contributed by atoms with van der Waals surface area (Å²) in [4.78, 5) is 12.9. The monoisotopic (exact) mass is 377 g/mol. The SMILES string of the molecule is O=c1c2ccccc2sc2cc(-n3c4ccccc4c4ccccc43)ccc12. The fraction of sp³-hybridized carbons (Fsp3) is 0. The molecule has 0 saturated carbocycles. The van der Waals surface area contributed by atoms with Crippen LogP contribution in [0.4, 0.5) is 0 Å². The summed E-state index contributed by atoms with van der Waals surface area (Å²) in [6, 6.07) is 31.0. The van der Waals surface area contributed by atoms with Crippen LogP contribution >= 0.6 is 11.3 Å². The van der Waals surface area contributed by atoms with Crippen LogP contribution in [0, 0.1) is 0 Å². The van der Waals surface area contributed by atoms with Crippen LogP contribution in [0.25, 0.3) is 47.7 Å². The van der Waals surface area contributed by atoms with Crippen molar-refractivity contribution in [3.05, 3.63) is 101 Å². The van der Waals surface area contributed by atoms with Crippen molar-refractivity contribution in [3.8, 4) is 5.69 Å². The predicted octanol–water partition coefficient (Wildman–Crippen LogP) is 6.51. The molecule has 0 spiro atoms. The van der Waals surface area contributed by atoms with Crippen LogP contribution in [0.15, 0.2) is 95.8 Å². The molecule has 6 rings (SSSR count). The van der Waals surface area contributed by atoms with Gasteiger partial charge in [0, 0.05) is 36.6 Å². The van der Waals surface area contributed by atoms with Crippen molar-refractivity contribution in [1.82, 2.24) is 4.57 Å². The highest BCUT2D eigenvalue weighted by atomic mass is 32.1. The van der Waals surface area contributed by atoms with Gasteiger partial charge >= 0.3 is 0 Å². The normalized spacial score (nSPS) is 11.7. The van der Waals surface area contributed by atoms with Gasteiger partial charge in [0.2, 0.25) is 0 Å². The Hall–Kier alpha value is -3.43. The average Bonchev–Trinajstić information content (AvgIpc) is 3.08. The lowest BCUT2D eigenvalue weighted by atomic mass is 10.1. The molecule has 0 aliphatic carbocycles. The maximum atomic E-state index is 12.9. The molecule has 0 aliphatic rings. The van der Waals surface area contributed by atoms with Gasteiger partial charge in [-0.25, -0.2) is 0 Å². The lowest BCUT2D eigenvalue weighted by molar-refractivity contribution is 1.19. The highest BCUT2D eigenvalue weighted by Crippen LogP contribution is 2.33. The van der Waals surface area contributed by atoms with Gasteiger partial charge in [0.25, 0.3) is 0 Å². The van der Waals surface area contributed by atoms with Gasteiger partial charge in [-0.15, -0.1) is 11.3 Å². The molecular formula is C25H15NOS. The summed E-state index contributed by atoms with van der Waals surface area (Å²) in [7, 11) is 0. The number of hydrogen-bond donors (Lipinski definition) is 0. The summed E-state index contributed by atoms with van der Waals surface area (Å²) in [6.45, 7) is 0. The Kier molecular flexibility index (Phi) is 3.22. The van der Waals surface area contributed by atoms with Gasteiger partial charge in [0.15, 0.2) is 5.43 Å². The Balaban J connectivity index is 1.73. The molecule has 2 aromatic heterocycles. The van der Waals surface area contributed by atoms with Crippen molar-refractivity contribution in [2.75, 3.05) is 0 Å². The summed E-state index contributed by atoms with van der Waals surface area (Å²) >= 11 is 1.67. The molecule has 4 aromatic carbocycles. The van der Waals surface area contributed by atoms with Gasteiger partial charge in [-0.3, -0.25) is 4.79 Å². The van der Waals surface area contributed by atoms with Gasteiger partial charge in [0.1, 0.15) is 0 Å². The first kappa shape index (κ1) is 15.6. The van der Waals surface area contributed by atoms with E-state index in [9.17, 15) is 4.79 Å². The third kappa shape index (κ3) is 2.11. The minimum atomic E-state index is 0.109. The van der Waals surface area contributed by atoms with E-state index in [0.717, 1.165) is 25.9 Å². The molecule has 132 valence electrons. The Labute approximate surface area is 164 Å². The second kappa shape index (κ2) is 5.78. The molecule has 28 heavy (non-hydrogen) atoms. The first-order valence-electron chi connectivity index (χ1n) is 9.25. The van der Waals surface area contributed by atoms with Gasteiger partial charge in [-0.2, -0.15) is 0 Å².